The van der Waals surface area contributed by atoms with Crippen molar-refractivity contribution in [2.45, 2.75) is 84.8 Å². The van der Waals surface area contributed by atoms with Gasteiger partial charge in [-0.2, -0.15) is 0 Å². The summed E-state index contributed by atoms with van der Waals surface area (Å²) in [5.41, 5.74) is 2.21. The molecule has 0 atom stereocenters. The van der Waals surface area contributed by atoms with E-state index in [0.717, 1.165) is 48.8 Å². The number of carbonyl (C=O) groups excluding carboxylic acids is 2. The van der Waals surface area contributed by atoms with Gasteiger partial charge in [0.2, 0.25) is 11.8 Å². The SMILES string of the molecule is COCCCN(CC(=O)N(Cc1cccn1Cc1ccc(Br)cc1)C1CCCCC1)C(=O)CC(C)(C)C. The molecule has 0 aliphatic heterocycles. The molecule has 37 heavy (non-hydrogen) atoms. The zero-order valence-corrected chi connectivity index (χ0v) is 24.6. The molecule has 0 radical (unpaired) electrons. The van der Waals surface area contributed by atoms with Crippen LogP contribution in [0.2, 0.25) is 0 Å². The zero-order chi connectivity index (χ0) is 26.8. The Hall–Kier alpha value is -2.12. The van der Waals surface area contributed by atoms with Crippen molar-refractivity contribution < 1.29 is 14.3 Å². The standard InChI is InChI=1S/C30H44BrN3O3/c1-30(2,3)20-28(35)33(18-9-19-37-4)23-29(36)34(26-10-6-5-7-11-26)22-27-12-8-17-32(27)21-24-13-15-25(31)16-14-24/h8,12-17,26H,5-7,9-11,18-23H2,1-4H3. The van der Waals surface area contributed by atoms with Crippen molar-refractivity contribution in [3.8, 4) is 0 Å². The molecule has 7 heteroatoms. The Kier molecular flexibility index (Phi) is 11.3. The van der Waals surface area contributed by atoms with Crippen molar-refractivity contribution in [1.82, 2.24) is 14.4 Å². The molecule has 1 aromatic heterocycles. The van der Waals surface area contributed by atoms with Gasteiger partial charge in [-0.05, 0) is 54.5 Å². The third kappa shape index (κ3) is 9.60. The van der Waals surface area contributed by atoms with E-state index in [1.165, 1.54) is 12.0 Å². The Morgan fingerprint density at radius 1 is 1.05 bits per heavy atom. The Labute approximate surface area is 231 Å². The van der Waals surface area contributed by atoms with E-state index in [-0.39, 0.29) is 29.8 Å². The van der Waals surface area contributed by atoms with Crippen molar-refractivity contribution in [3.63, 3.8) is 0 Å². The van der Waals surface area contributed by atoms with Crippen LogP contribution < -0.4 is 0 Å². The van der Waals surface area contributed by atoms with Gasteiger partial charge in [0.1, 0.15) is 0 Å². The fourth-order valence-corrected chi connectivity index (χ4v) is 5.30. The van der Waals surface area contributed by atoms with Crippen molar-refractivity contribution in [3.05, 3.63) is 58.3 Å². The lowest BCUT2D eigenvalue weighted by Crippen LogP contribution is -2.48. The first-order valence-electron chi connectivity index (χ1n) is 13.6. The van der Waals surface area contributed by atoms with E-state index in [0.29, 0.717) is 26.1 Å². The number of hydrogen-bond donors (Lipinski definition) is 0. The molecule has 0 bridgehead atoms. The molecule has 204 valence electrons. The topological polar surface area (TPSA) is 54.8 Å². The normalized spacial score (nSPS) is 14.5. The molecule has 3 rings (SSSR count). The molecule has 2 aromatic rings. The summed E-state index contributed by atoms with van der Waals surface area (Å²) in [6, 6.07) is 12.8. The van der Waals surface area contributed by atoms with Gasteiger partial charge in [-0.3, -0.25) is 9.59 Å². The van der Waals surface area contributed by atoms with Crippen molar-refractivity contribution in [2.24, 2.45) is 5.41 Å². The van der Waals surface area contributed by atoms with Gasteiger partial charge in [0.25, 0.3) is 0 Å². The monoisotopic (exact) mass is 573 g/mol. The average Bonchev–Trinajstić information content (AvgIpc) is 3.29. The molecule has 1 aromatic carbocycles. The van der Waals surface area contributed by atoms with Crippen LogP contribution in [0.15, 0.2) is 47.1 Å². The van der Waals surface area contributed by atoms with E-state index in [4.69, 9.17) is 4.74 Å². The van der Waals surface area contributed by atoms with Gasteiger partial charge in [-0.25, -0.2) is 0 Å². The van der Waals surface area contributed by atoms with Gasteiger partial charge in [0.15, 0.2) is 0 Å². The second-order valence-electron chi connectivity index (χ2n) is 11.5. The molecule has 0 unspecified atom stereocenters. The third-order valence-electron chi connectivity index (χ3n) is 6.99. The Morgan fingerprint density at radius 3 is 2.41 bits per heavy atom. The lowest BCUT2D eigenvalue weighted by atomic mass is 9.91. The molecule has 2 amide bonds. The van der Waals surface area contributed by atoms with E-state index < -0.39 is 0 Å². The first kappa shape index (κ1) is 29.4. The van der Waals surface area contributed by atoms with E-state index in [2.05, 4.69) is 88.8 Å². The smallest absolute Gasteiger partial charge is 0.242 e. The molecule has 1 aliphatic rings. The summed E-state index contributed by atoms with van der Waals surface area (Å²) >= 11 is 3.51. The number of hydrogen-bond acceptors (Lipinski definition) is 3. The van der Waals surface area contributed by atoms with Crippen LogP contribution in [0.3, 0.4) is 0 Å². The molecule has 0 N–H and O–H groups in total. The maximum Gasteiger partial charge on any atom is 0.242 e. The number of aromatic nitrogens is 1. The summed E-state index contributed by atoms with van der Waals surface area (Å²) in [4.78, 5) is 30.9. The van der Waals surface area contributed by atoms with Gasteiger partial charge in [-0.15, -0.1) is 0 Å². The molecule has 0 spiro atoms. The Balaban J connectivity index is 1.78. The second-order valence-corrected chi connectivity index (χ2v) is 12.4. The number of carbonyl (C=O) groups is 2. The third-order valence-corrected chi connectivity index (χ3v) is 7.52. The predicted molar refractivity (Wildman–Crippen MR) is 152 cm³/mol. The molecule has 1 saturated carbocycles. The largest absolute Gasteiger partial charge is 0.385 e. The summed E-state index contributed by atoms with van der Waals surface area (Å²) in [6.45, 7) is 8.75. The van der Waals surface area contributed by atoms with Crippen molar-refractivity contribution in [2.75, 3.05) is 26.8 Å². The molecular weight excluding hydrogens is 530 g/mol. The minimum atomic E-state index is -0.128. The van der Waals surface area contributed by atoms with Crippen LogP contribution in [0.25, 0.3) is 0 Å². The lowest BCUT2D eigenvalue weighted by Gasteiger charge is -2.36. The fourth-order valence-electron chi connectivity index (χ4n) is 5.03. The number of benzene rings is 1. The van der Waals surface area contributed by atoms with E-state index in [9.17, 15) is 9.59 Å². The van der Waals surface area contributed by atoms with Crippen molar-refractivity contribution in [1.29, 1.82) is 0 Å². The van der Waals surface area contributed by atoms with E-state index in [1.807, 2.05) is 0 Å². The number of nitrogens with zero attached hydrogens (tertiary/aromatic N) is 3. The molecule has 1 heterocycles. The number of amides is 2. The van der Waals surface area contributed by atoms with Crippen molar-refractivity contribution >= 4 is 27.7 Å². The summed E-state index contributed by atoms with van der Waals surface area (Å²) < 4.78 is 8.51. The highest BCUT2D eigenvalue weighted by Crippen LogP contribution is 2.26. The van der Waals surface area contributed by atoms with Gasteiger partial charge < -0.3 is 19.1 Å². The highest BCUT2D eigenvalue weighted by Gasteiger charge is 2.29. The van der Waals surface area contributed by atoms with Gasteiger partial charge in [-0.1, -0.05) is 68.1 Å². The molecule has 1 fully saturated rings. The first-order valence-corrected chi connectivity index (χ1v) is 14.4. The van der Waals surface area contributed by atoms with E-state index in [1.54, 1.807) is 12.0 Å². The number of halogens is 1. The van der Waals surface area contributed by atoms with Crippen LogP contribution in [0.1, 0.15) is 77.0 Å². The van der Waals surface area contributed by atoms with Gasteiger partial charge >= 0.3 is 0 Å². The zero-order valence-electron chi connectivity index (χ0n) is 23.0. The minimum absolute atomic E-state index is 0.0409. The van der Waals surface area contributed by atoms with Gasteiger partial charge in [0, 0.05) is 55.6 Å². The summed E-state index contributed by atoms with van der Waals surface area (Å²) in [6.07, 6.45) is 8.81. The Bertz CT molecular complexity index is 990. The minimum Gasteiger partial charge on any atom is -0.385 e. The quantitative estimate of drug-likeness (QED) is 0.281. The molecule has 1 aliphatic carbocycles. The molecular formula is C30H44BrN3O3. The number of rotatable bonds is 12. The highest BCUT2D eigenvalue weighted by molar-refractivity contribution is 9.10. The summed E-state index contributed by atoms with van der Waals surface area (Å²) in [5.74, 6) is 0.0853. The second kappa shape index (κ2) is 14.1. The Morgan fingerprint density at radius 2 is 1.76 bits per heavy atom. The van der Waals surface area contributed by atoms with Crippen LogP contribution in [0.4, 0.5) is 0 Å². The van der Waals surface area contributed by atoms with Crippen LogP contribution in [-0.4, -0.2) is 59.0 Å². The molecule has 6 nitrogen and oxygen atoms in total. The first-order chi connectivity index (χ1) is 17.7. The fraction of sp³-hybridized carbons (Fsp3) is 0.600. The van der Waals surface area contributed by atoms with Crippen LogP contribution >= 0.6 is 15.9 Å². The summed E-state index contributed by atoms with van der Waals surface area (Å²) in [7, 11) is 1.67. The van der Waals surface area contributed by atoms with Crippen LogP contribution in [0, 0.1) is 5.41 Å². The number of methoxy groups -OCH3 is 1. The predicted octanol–water partition coefficient (Wildman–Crippen LogP) is 6.26. The average molecular weight is 575 g/mol. The maximum absolute atomic E-state index is 13.9. The highest BCUT2D eigenvalue weighted by atomic mass is 79.9. The summed E-state index contributed by atoms with van der Waals surface area (Å²) in [5, 5.41) is 0. The van der Waals surface area contributed by atoms with Crippen LogP contribution in [0.5, 0.6) is 0 Å². The maximum atomic E-state index is 13.9. The van der Waals surface area contributed by atoms with Crippen LogP contribution in [-0.2, 0) is 27.4 Å². The van der Waals surface area contributed by atoms with Gasteiger partial charge in [0.05, 0.1) is 13.1 Å². The van der Waals surface area contributed by atoms with E-state index >= 15 is 0 Å². The number of ether oxygens (including phenoxy) is 1. The molecule has 0 saturated heterocycles. The lowest BCUT2D eigenvalue weighted by molar-refractivity contribution is -0.144.